The van der Waals surface area contributed by atoms with Gasteiger partial charge in [0, 0.05) is 25.5 Å². The van der Waals surface area contributed by atoms with E-state index >= 15 is 0 Å². The lowest BCUT2D eigenvalue weighted by Crippen LogP contribution is -2.46. The highest BCUT2D eigenvalue weighted by molar-refractivity contribution is 7.93. The molecule has 1 aliphatic heterocycles. The molecule has 14 heteroatoms. The van der Waals surface area contributed by atoms with Gasteiger partial charge in [0.25, 0.3) is 0 Å². The minimum Gasteiger partial charge on any atom is -0.494 e. The standard InChI is InChI=1S/C24H28FN7O5S/c1-4-26-23(27-13-12-25)31-14-6-8-17(16-31)38(33,34)30-24-29-28-22(20-11-7-15-37-20)32(24)21-18(35-2)9-5-10-19(21)36-3/h4-5,7,9-11,13,15,17H,1,6,8,12,14,16H2,2-3H3,(H,29,30)/t17-/m0/s1. The third kappa shape index (κ3) is 5.54. The zero-order valence-corrected chi connectivity index (χ0v) is 21.8. The summed E-state index contributed by atoms with van der Waals surface area (Å²) in [6, 6.07) is 8.52. The lowest BCUT2D eigenvalue weighted by atomic mass is 10.1. The van der Waals surface area contributed by atoms with E-state index in [1.54, 1.807) is 35.2 Å². The molecule has 0 aliphatic carbocycles. The summed E-state index contributed by atoms with van der Waals surface area (Å²) in [5.41, 5.74) is 0.387. The largest absolute Gasteiger partial charge is 0.494 e. The van der Waals surface area contributed by atoms with Crippen LogP contribution in [-0.4, -0.2) is 79.5 Å². The number of guanidine groups is 1. The summed E-state index contributed by atoms with van der Waals surface area (Å²) in [7, 11) is -1.02. The molecular formula is C24H28FN7O5S. The van der Waals surface area contributed by atoms with Crippen molar-refractivity contribution in [2.24, 2.45) is 9.98 Å². The highest BCUT2D eigenvalue weighted by Gasteiger charge is 2.34. The number of aliphatic imine (C=N–C) groups is 2. The molecule has 1 aromatic carbocycles. The number of methoxy groups -OCH3 is 2. The van der Waals surface area contributed by atoms with Gasteiger partial charge in [-0.2, -0.15) is 0 Å². The van der Waals surface area contributed by atoms with E-state index in [9.17, 15) is 12.8 Å². The van der Waals surface area contributed by atoms with Crippen molar-refractivity contribution >= 4 is 28.1 Å². The summed E-state index contributed by atoms with van der Waals surface area (Å²) in [6.07, 6.45) is 4.76. The number of aromatic nitrogens is 3. The van der Waals surface area contributed by atoms with Crippen LogP contribution in [0, 0.1) is 0 Å². The molecule has 0 spiro atoms. The molecule has 38 heavy (non-hydrogen) atoms. The lowest BCUT2D eigenvalue weighted by Gasteiger charge is -2.32. The molecule has 1 N–H and O–H groups in total. The molecule has 3 aromatic rings. The second-order valence-electron chi connectivity index (χ2n) is 8.11. The highest BCUT2D eigenvalue weighted by Crippen LogP contribution is 2.38. The smallest absolute Gasteiger partial charge is 0.243 e. The summed E-state index contributed by atoms with van der Waals surface area (Å²) in [4.78, 5) is 9.76. The first kappa shape index (κ1) is 26.9. The fourth-order valence-electron chi connectivity index (χ4n) is 4.16. The van der Waals surface area contributed by atoms with Crippen LogP contribution < -0.4 is 14.2 Å². The van der Waals surface area contributed by atoms with E-state index in [0.717, 1.165) is 6.21 Å². The van der Waals surface area contributed by atoms with Gasteiger partial charge < -0.3 is 18.8 Å². The number of sulfonamides is 1. The first-order chi connectivity index (χ1) is 18.4. The van der Waals surface area contributed by atoms with Gasteiger partial charge in [-0.05, 0) is 37.1 Å². The van der Waals surface area contributed by atoms with E-state index in [2.05, 4.69) is 31.5 Å². The number of likely N-dealkylation sites (tertiary alicyclic amines) is 1. The first-order valence-corrected chi connectivity index (χ1v) is 13.2. The van der Waals surface area contributed by atoms with Crippen LogP contribution >= 0.6 is 0 Å². The van der Waals surface area contributed by atoms with Gasteiger partial charge in [0.2, 0.25) is 27.8 Å². The Morgan fingerprint density at radius 2 is 2.03 bits per heavy atom. The Kier molecular flexibility index (Phi) is 8.41. The van der Waals surface area contributed by atoms with Crippen LogP contribution in [0.1, 0.15) is 12.8 Å². The first-order valence-electron chi connectivity index (χ1n) is 11.7. The third-order valence-electron chi connectivity index (χ3n) is 5.85. The molecular weight excluding hydrogens is 517 g/mol. The van der Waals surface area contributed by atoms with Crippen LogP contribution in [0.3, 0.4) is 0 Å². The number of furan rings is 1. The van der Waals surface area contributed by atoms with Crippen molar-refractivity contribution in [2.45, 2.75) is 18.1 Å². The average molecular weight is 546 g/mol. The van der Waals surface area contributed by atoms with E-state index in [4.69, 9.17) is 13.9 Å². The van der Waals surface area contributed by atoms with Crippen molar-refractivity contribution < 1.29 is 26.7 Å². The number of nitrogens with zero attached hydrogens (tertiary/aromatic N) is 6. The Morgan fingerprint density at radius 3 is 2.66 bits per heavy atom. The summed E-state index contributed by atoms with van der Waals surface area (Å²) in [5.74, 6) is 1.51. The van der Waals surface area contributed by atoms with Gasteiger partial charge in [0.1, 0.15) is 23.9 Å². The number of nitrogens with one attached hydrogen (secondary N) is 1. The Balaban J connectivity index is 1.73. The number of alkyl halides is 1. The molecule has 1 atom stereocenters. The summed E-state index contributed by atoms with van der Waals surface area (Å²) >= 11 is 0. The number of ether oxygens (including phenoxy) is 2. The number of anilines is 1. The number of halogens is 1. The van der Waals surface area contributed by atoms with Crippen molar-refractivity contribution in [3.05, 3.63) is 49.4 Å². The minimum absolute atomic E-state index is 0.0771. The van der Waals surface area contributed by atoms with Gasteiger partial charge in [-0.1, -0.05) is 12.6 Å². The number of benzene rings is 1. The van der Waals surface area contributed by atoms with Crippen molar-refractivity contribution in [3.8, 4) is 28.8 Å². The molecule has 202 valence electrons. The van der Waals surface area contributed by atoms with Crippen LogP contribution in [0.2, 0.25) is 0 Å². The molecule has 12 nitrogen and oxygen atoms in total. The third-order valence-corrected chi connectivity index (χ3v) is 7.58. The maximum absolute atomic E-state index is 13.6. The second-order valence-corrected chi connectivity index (χ2v) is 10.1. The molecule has 0 unspecified atom stereocenters. The van der Waals surface area contributed by atoms with Crippen molar-refractivity contribution in [1.82, 2.24) is 19.7 Å². The maximum Gasteiger partial charge on any atom is 0.243 e. The van der Waals surface area contributed by atoms with Crippen molar-refractivity contribution in [2.75, 3.05) is 38.7 Å². The number of hydrogen-bond acceptors (Lipinski definition) is 8. The summed E-state index contributed by atoms with van der Waals surface area (Å²) in [6.45, 7) is 3.39. The van der Waals surface area contributed by atoms with Crippen LogP contribution in [0.15, 0.2) is 63.8 Å². The fraction of sp³-hybridized carbons (Fsp3) is 0.333. The number of rotatable bonds is 9. The maximum atomic E-state index is 13.6. The Labute approximate surface area is 219 Å². The zero-order valence-electron chi connectivity index (χ0n) is 20.9. The van der Waals surface area contributed by atoms with E-state index in [0.29, 0.717) is 42.3 Å². The lowest BCUT2D eigenvalue weighted by molar-refractivity contribution is 0.339. The number of hydrogen-bond donors (Lipinski definition) is 1. The molecule has 1 fully saturated rings. The van der Waals surface area contributed by atoms with Crippen molar-refractivity contribution in [3.63, 3.8) is 0 Å². The molecule has 0 saturated carbocycles. The SMILES string of the molecule is C=CN=C(N=CCF)N1CCC[C@H](S(=O)(=O)Nc2nnc(-c3ccco3)n2-c2c(OC)cccc2OC)C1. The predicted octanol–water partition coefficient (Wildman–Crippen LogP) is 3.29. The molecule has 0 amide bonds. The van der Waals surface area contributed by atoms with Gasteiger partial charge in [0.15, 0.2) is 5.76 Å². The topological polar surface area (TPSA) is 136 Å². The monoisotopic (exact) mass is 545 g/mol. The second kappa shape index (κ2) is 11.9. The number of para-hydroxylation sites is 1. The van der Waals surface area contributed by atoms with E-state index < -0.39 is 21.9 Å². The average Bonchev–Trinajstić information content (AvgIpc) is 3.60. The normalized spacial score (nSPS) is 16.6. The van der Waals surface area contributed by atoms with Crippen LogP contribution in [0.25, 0.3) is 17.3 Å². The fourth-order valence-corrected chi connectivity index (χ4v) is 5.56. The zero-order chi connectivity index (χ0) is 27.1. The summed E-state index contributed by atoms with van der Waals surface area (Å²) in [5, 5.41) is 7.50. The van der Waals surface area contributed by atoms with Crippen LogP contribution in [0.5, 0.6) is 11.5 Å². The van der Waals surface area contributed by atoms with Gasteiger partial charge in [0.05, 0.1) is 25.7 Å². The van der Waals surface area contributed by atoms with E-state index in [1.807, 2.05) is 0 Å². The number of piperidine rings is 1. The highest BCUT2D eigenvalue weighted by atomic mass is 32.2. The van der Waals surface area contributed by atoms with E-state index in [1.165, 1.54) is 31.2 Å². The molecule has 3 heterocycles. The molecule has 1 aliphatic rings. The Bertz CT molecular complexity index is 1400. The van der Waals surface area contributed by atoms with Gasteiger partial charge in [-0.25, -0.2) is 22.8 Å². The Morgan fingerprint density at radius 1 is 1.26 bits per heavy atom. The van der Waals surface area contributed by atoms with Crippen LogP contribution in [0.4, 0.5) is 10.3 Å². The molecule has 1 saturated heterocycles. The van der Waals surface area contributed by atoms with Gasteiger partial charge in [-0.3, -0.25) is 9.29 Å². The predicted molar refractivity (Wildman–Crippen MR) is 141 cm³/mol. The molecule has 0 radical (unpaired) electrons. The van der Waals surface area contributed by atoms with Crippen molar-refractivity contribution in [1.29, 1.82) is 0 Å². The quantitative estimate of drug-likeness (QED) is 0.320. The van der Waals surface area contributed by atoms with E-state index in [-0.39, 0.29) is 24.3 Å². The van der Waals surface area contributed by atoms with Gasteiger partial charge >= 0.3 is 0 Å². The molecule has 2 aromatic heterocycles. The Hall–Kier alpha value is -4.20. The minimum atomic E-state index is -4.00. The van der Waals surface area contributed by atoms with Gasteiger partial charge in [-0.15, -0.1) is 10.2 Å². The van der Waals surface area contributed by atoms with Crippen LogP contribution in [-0.2, 0) is 10.0 Å². The molecule has 4 rings (SSSR count). The molecule has 0 bridgehead atoms. The summed E-state index contributed by atoms with van der Waals surface area (Å²) < 4.78 is 60.6.